The smallest absolute Gasteiger partial charge is 0.307 e. The molecule has 0 saturated heterocycles. The zero-order valence-electron chi connectivity index (χ0n) is 9.60. The molecule has 16 heavy (non-hydrogen) atoms. The monoisotopic (exact) mass is 223 g/mol. The average Bonchev–Trinajstić information content (AvgIpc) is 2.29. The molecular formula is C12H17NO3. The molecule has 4 nitrogen and oxygen atoms in total. The molecule has 2 N–H and O–H groups in total. The van der Waals surface area contributed by atoms with Gasteiger partial charge in [0.25, 0.3) is 0 Å². The average molecular weight is 223 g/mol. The second-order valence-corrected chi connectivity index (χ2v) is 3.56. The lowest BCUT2D eigenvalue weighted by atomic mass is 10.0. The van der Waals surface area contributed by atoms with E-state index in [4.69, 9.17) is 10.5 Å². The molecule has 0 fully saturated rings. The Morgan fingerprint density at radius 3 is 2.81 bits per heavy atom. The molecule has 0 heterocycles. The number of methoxy groups -OCH3 is 2. The summed E-state index contributed by atoms with van der Waals surface area (Å²) in [6, 6.07) is 7.37. The van der Waals surface area contributed by atoms with Crippen LogP contribution >= 0.6 is 0 Å². The van der Waals surface area contributed by atoms with Gasteiger partial charge in [-0.05, 0) is 11.1 Å². The first kappa shape index (κ1) is 12.7. The van der Waals surface area contributed by atoms with E-state index >= 15 is 0 Å². The van der Waals surface area contributed by atoms with Crippen molar-refractivity contribution in [2.45, 2.75) is 19.1 Å². The standard InChI is InChI=1S/C12H17NO3/c1-15-8-9-4-3-5-10(6-9)11(13)7-12(14)16-2/h3-6,11H,7-8,13H2,1-2H3/t11-/m1/s1. The zero-order chi connectivity index (χ0) is 12.0. The van der Waals surface area contributed by atoms with Gasteiger partial charge in [0.15, 0.2) is 0 Å². The van der Waals surface area contributed by atoms with Crippen LogP contribution in [0.5, 0.6) is 0 Å². The molecule has 0 spiro atoms. The van der Waals surface area contributed by atoms with Crippen LogP contribution in [0.25, 0.3) is 0 Å². The Morgan fingerprint density at radius 1 is 1.44 bits per heavy atom. The third-order valence-corrected chi connectivity index (χ3v) is 2.30. The van der Waals surface area contributed by atoms with Crippen molar-refractivity contribution in [2.24, 2.45) is 5.73 Å². The Labute approximate surface area is 95.3 Å². The van der Waals surface area contributed by atoms with Crippen LogP contribution < -0.4 is 5.73 Å². The molecule has 0 saturated carbocycles. The molecule has 1 aromatic carbocycles. The fraction of sp³-hybridized carbons (Fsp3) is 0.417. The lowest BCUT2D eigenvalue weighted by Gasteiger charge is -2.11. The fourth-order valence-electron chi connectivity index (χ4n) is 1.46. The molecule has 0 radical (unpaired) electrons. The molecule has 0 aliphatic rings. The van der Waals surface area contributed by atoms with E-state index in [0.717, 1.165) is 11.1 Å². The molecule has 88 valence electrons. The third-order valence-electron chi connectivity index (χ3n) is 2.30. The predicted molar refractivity (Wildman–Crippen MR) is 60.7 cm³/mol. The van der Waals surface area contributed by atoms with Gasteiger partial charge in [0.05, 0.1) is 20.1 Å². The van der Waals surface area contributed by atoms with Crippen LogP contribution in [0.2, 0.25) is 0 Å². The highest BCUT2D eigenvalue weighted by atomic mass is 16.5. The second-order valence-electron chi connectivity index (χ2n) is 3.56. The second kappa shape index (κ2) is 6.25. The molecule has 4 heteroatoms. The van der Waals surface area contributed by atoms with E-state index in [1.807, 2.05) is 24.3 Å². The Balaban J connectivity index is 2.71. The number of benzene rings is 1. The SMILES string of the molecule is COCc1cccc([C@H](N)CC(=O)OC)c1. The van der Waals surface area contributed by atoms with Gasteiger partial charge in [-0.25, -0.2) is 0 Å². The van der Waals surface area contributed by atoms with Gasteiger partial charge in [0.2, 0.25) is 0 Å². The van der Waals surface area contributed by atoms with Crippen molar-refractivity contribution in [1.29, 1.82) is 0 Å². The van der Waals surface area contributed by atoms with E-state index in [1.54, 1.807) is 7.11 Å². The Bertz CT molecular complexity index is 352. The summed E-state index contributed by atoms with van der Waals surface area (Å²) in [5.41, 5.74) is 7.85. The minimum atomic E-state index is -0.329. The van der Waals surface area contributed by atoms with Crippen LogP contribution in [0, 0.1) is 0 Å². The van der Waals surface area contributed by atoms with Crippen molar-refractivity contribution in [3.8, 4) is 0 Å². The summed E-state index contributed by atoms with van der Waals surface area (Å²) in [6.07, 6.45) is 0.187. The van der Waals surface area contributed by atoms with Crippen molar-refractivity contribution in [2.75, 3.05) is 14.2 Å². The minimum Gasteiger partial charge on any atom is -0.469 e. The Kier molecular flexibility index (Phi) is 4.95. The van der Waals surface area contributed by atoms with Crippen LogP contribution in [0.4, 0.5) is 0 Å². The van der Waals surface area contributed by atoms with E-state index in [0.29, 0.717) is 6.61 Å². The number of ether oxygens (including phenoxy) is 2. The number of nitrogens with two attached hydrogens (primary N) is 1. The molecule has 1 atom stereocenters. The Morgan fingerprint density at radius 2 is 2.19 bits per heavy atom. The van der Waals surface area contributed by atoms with Gasteiger partial charge in [-0.15, -0.1) is 0 Å². The van der Waals surface area contributed by atoms with Gasteiger partial charge in [0.1, 0.15) is 0 Å². The van der Waals surface area contributed by atoms with Gasteiger partial charge in [-0.3, -0.25) is 4.79 Å². The van der Waals surface area contributed by atoms with Crippen molar-refractivity contribution >= 4 is 5.97 Å². The maximum absolute atomic E-state index is 11.1. The topological polar surface area (TPSA) is 61.5 Å². The first-order valence-electron chi connectivity index (χ1n) is 5.07. The molecule has 0 aliphatic heterocycles. The largest absolute Gasteiger partial charge is 0.469 e. The molecule has 1 aromatic rings. The number of hydrogen-bond donors (Lipinski definition) is 1. The molecular weight excluding hydrogens is 206 g/mol. The quantitative estimate of drug-likeness (QED) is 0.766. The van der Waals surface area contributed by atoms with E-state index in [9.17, 15) is 4.79 Å². The summed E-state index contributed by atoms with van der Waals surface area (Å²) < 4.78 is 9.61. The molecule has 0 aromatic heterocycles. The van der Waals surface area contributed by atoms with Crippen LogP contribution in [-0.2, 0) is 20.9 Å². The van der Waals surface area contributed by atoms with Crippen molar-refractivity contribution in [3.05, 3.63) is 35.4 Å². The summed E-state index contributed by atoms with van der Waals surface area (Å²) in [6.45, 7) is 0.540. The van der Waals surface area contributed by atoms with E-state index < -0.39 is 0 Å². The van der Waals surface area contributed by atoms with Crippen molar-refractivity contribution in [3.63, 3.8) is 0 Å². The Hall–Kier alpha value is -1.39. The van der Waals surface area contributed by atoms with Gasteiger partial charge in [0, 0.05) is 13.2 Å². The first-order chi connectivity index (χ1) is 7.67. The lowest BCUT2D eigenvalue weighted by Crippen LogP contribution is -2.16. The van der Waals surface area contributed by atoms with Gasteiger partial charge < -0.3 is 15.2 Å². The predicted octanol–water partition coefficient (Wildman–Crippen LogP) is 1.40. The van der Waals surface area contributed by atoms with Crippen molar-refractivity contribution < 1.29 is 14.3 Å². The van der Waals surface area contributed by atoms with Crippen LogP contribution in [-0.4, -0.2) is 20.2 Å². The normalized spacial score (nSPS) is 12.2. The summed E-state index contributed by atoms with van der Waals surface area (Å²) >= 11 is 0. The molecule has 0 unspecified atom stereocenters. The molecule has 0 amide bonds. The van der Waals surface area contributed by atoms with E-state index in [1.165, 1.54) is 7.11 Å². The van der Waals surface area contributed by atoms with Crippen molar-refractivity contribution in [1.82, 2.24) is 0 Å². The molecule has 0 bridgehead atoms. The summed E-state index contributed by atoms with van der Waals surface area (Å²) in [5, 5.41) is 0. The molecule has 1 rings (SSSR count). The minimum absolute atomic E-state index is 0.187. The zero-order valence-corrected chi connectivity index (χ0v) is 9.60. The number of rotatable bonds is 5. The summed E-state index contributed by atoms with van der Waals surface area (Å²) in [7, 11) is 3.00. The van der Waals surface area contributed by atoms with Gasteiger partial charge in [-0.1, -0.05) is 24.3 Å². The van der Waals surface area contributed by atoms with E-state index in [-0.39, 0.29) is 18.4 Å². The number of hydrogen-bond acceptors (Lipinski definition) is 4. The first-order valence-corrected chi connectivity index (χ1v) is 5.07. The molecule has 0 aliphatic carbocycles. The van der Waals surface area contributed by atoms with Gasteiger partial charge in [-0.2, -0.15) is 0 Å². The number of esters is 1. The van der Waals surface area contributed by atoms with E-state index in [2.05, 4.69) is 4.74 Å². The number of carbonyl (C=O) groups is 1. The van der Waals surface area contributed by atoms with Gasteiger partial charge >= 0.3 is 5.97 Å². The third kappa shape index (κ3) is 3.64. The maximum atomic E-state index is 11.1. The highest BCUT2D eigenvalue weighted by Gasteiger charge is 2.11. The van der Waals surface area contributed by atoms with Crippen LogP contribution in [0.3, 0.4) is 0 Å². The lowest BCUT2D eigenvalue weighted by molar-refractivity contribution is -0.141. The number of carbonyl (C=O) groups excluding carboxylic acids is 1. The summed E-state index contributed by atoms with van der Waals surface area (Å²) in [5.74, 6) is -0.301. The highest BCUT2D eigenvalue weighted by molar-refractivity contribution is 5.70. The maximum Gasteiger partial charge on any atom is 0.307 e. The highest BCUT2D eigenvalue weighted by Crippen LogP contribution is 2.16. The van der Waals surface area contributed by atoms with Crippen LogP contribution in [0.15, 0.2) is 24.3 Å². The fourth-order valence-corrected chi connectivity index (χ4v) is 1.46. The summed E-state index contributed by atoms with van der Waals surface area (Å²) in [4.78, 5) is 11.1. The van der Waals surface area contributed by atoms with Crippen LogP contribution in [0.1, 0.15) is 23.6 Å².